The molecule has 6 heteroatoms. The van der Waals surface area contributed by atoms with Gasteiger partial charge in [0.2, 0.25) is 0 Å². The molecular formula is C74H56Cl2N4. The fraction of sp³-hybridized carbons (Fsp3) is 0.0270. The van der Waals surface area contributed by atoms with E-state index < -0.39 is 0 Å². The Hall–Kier alpha value is -9.58. The molecule has 0 saturated carbocycles. The van der Waals surface area contributed by atoms with Crippen LogP contribution in [0.1, 0.15) is 16.7 Å². The van der Waals surface area contributed by atoms with Gasteiger partial charge in [0, 0.05) is 79.4 Å². The van der Waals surface area contributed by atoms with E-state index in [1.807, 2.05) is 48.5 Å². The lowest BCUT2D eigenvalue weighted by Crippen LogP contribution is -2.11. The maximum atomic E-state index is 7.33. The molecular weight excluding hydrogens is 1020 g/mol. The van der Waals surface area contributed by atoms with Gasteiger partial charge in [0.05, 0.1) is 10.0 Å². The first-order valence-electron chi connectivity index (χ1n) is 26.9. The monoisotopic (exact) mass is 1070 g/mol. The van der Waals surface area contributed by atoms with Crippen LogP contribution in [-0.4, -0.2) is 0 Å². The second kappa shape index (κ2) is 23.6. The smallest absolute Gasteiger partial charge is 0.0505 e. The zero-order valence-corrected chi connectivity index (χ0v) is 45.7. The lowest BCUT2D eigenvalue weighted by atomic mass is 10.0. The van der Waals surface area contributed by atoms with Crippen LogP contribution < -0.4 is 19.6 Å². The Morgan fingerprint density at radius 1 is 0.237 bits per heavy atom. The van der Waals surface area contributed by atoms with Crippen molar-refractivity contribution in [3.63, 3.8) is 0 Å². The van der Waals surface area contributed by atoms with Gasteiger partial charge in [0.15, 0.2) is 0 Å². The van der Waals surface area contributed by atoms with E-state index in [1.54, 1.807) is 0 Å². The topological polar surface area (TPSA) is 13.0 Å². The minimum Gasteiger partial charge on any atom is -0.311 e. The van der Waals surface area contributed by atoms with Crippen molar-refractivity contribution in [3.05, 3.63) is 336 Å². The van der Waals surface area contributed by atoms with Crippen LogP contribution in [0.25, 0.3) is 22.3 Å². The summed E-state index contributed by atoms with van der Waals surface area (Å²) in [4.78, 5) is 9.10. The van der Waals surface area contributed by atoms with Gasteiger partial charge >= 0.3 is 0 Å². The number of rotatable bonds is 16. The molecule has 12 aromatic carbocycles. The number of halogens is 2. The van der Waals surface area contributed by atoms with Crippen molar-refractivity contribution < 1.29 is 0 Å². The Kier molecular flexibility index (Phi) is 15.1. The fourth-order valence-corrected chi connectivity index (χ4v) is 11.1. The van der Waals surface area contributed by atoms with Crippen LogP contribution in [0.2, 0.25) is 10.0 Å². The highest BCUT2D eigenvalue weighted by atomic mass is 35.5. The number of hydrogen-bond acceptors (Lipinski definition) is 4. The van der Waals surface area contributed by atoms with E-state index in [1.165, 1.54) is 16.7 Å². The lowest BCUT2D eigenvalue weighted by molar-refractivity contribution is 1.17. The third-order valence-corrected chi connectivity index (χ3v) is 15.0. The van der Waals surface area contributed by atoms with E-state index in [0.29, 0.717) is 10.0 Å². The van der Waals surface area contributed by atoms with Crippen molar-refractivity contribution >= 4 is 91.5 Å². The Bertz CT molecular complexity index is 3910. The molecule has 0 amide bonds. The van der Waals surface area contributed by atoms with Crippen LogP contribution in [0.4, 0.5) is 68.2 Å². The van der Waals surface area contributed by atoms with Gasteiger partial charge in [0.25, 0.3) is 0 Å². The van der Waals surface area contributed by atoms with Crippen molar-refractivity contribution in [3.8, 4) is 22.3 Å². The van der Waals surface area contributed by atoms with Gasteiger partial charge in [-0.15, -0.1) is 0 Å². The molecule has 0 aliphatic rings. The number of para-hydroxylation sites is 5. The van der Waals surface area contributed by atoms with Gasteiger partial charge in [0.1, 0.15) is 0 Å². The first-order chi connectivity index (χ1) is 39.4. The summed E-state index contributed by atoms with van der Waals surface area (Å²) in [5.41, 5.74) is 20.2. The summed E-state index contributed by atoms with van der Waals surface area (Å²) >= 11 is 14.5. The minimum atomic E-state index is 0.603. The molecule has 0 aromatic heterocycles. The first-order valence-corrected chi connectivity index (χ1v) is 27.7. The van der Waals surface area contributed by atoms with Crippen molar-refractivity contribution in [1.82, 2.24) is 0 Å². The number of benzene rings is 12. The van der Waals surface area contributed by atoms with E-state index in [9.17, 15) is 0 Å². The highest BCUT2D eigenvalue weighted by molar-refractivity contribution is 6.37. The Morgan fingerprint density at radius 2 is 0.487 bits per heavy atom. The predicted octanol–water partition coefficient (Wildman–Crippen LogP) is 22.1. The van der Waals surface area contributed by atoms with E-state index in [-0.39, 0.29) is 0 Å². The number of aryl methyl sites for hydroxylation is 1. The van der Waals surface area contributed by atoms with Crippen LogP contribution in [0.15, 0.2) is 309 Å². The molecule has 0 spiro atoms. The molecule has 0 saturated heterocycles. The van der Waals surface area contributed by atoms with Crippen molar-refractivity contribution in [2.24, 2.45) is 0 Å². The molecule has 0 atom stereocenters. The lowest BCUT2D eigenvalue weighted by Gasteiger charge is -2.27. The Morgan fingerprint density at radius 3 is 0.812 bits per heavy atom. The fourth-order valence-electron chi connectivity index (χ4n) is 10.5. The van der Waals surface area contributed by atoms with Crippen LogP contribution in [-0.2, 0) is 6.42 Å². The molecule has 0 heterocycles. The first kappa shape index (κ1) is 51.2. The molecule has 12 aromatic rings. The highest BCUT2D eigenvalue weighted by Gasteiger charge is 2.20. The van der Waals surface area contributed by atoms with Crippen LogP contribution in [0.3, 0.4) is 0 Å². The normalized spacial score (nSPS) is 11.0. The van der Waals surface area contributed by atoms with Crippen molar-refractivity contribution in [2.45, 2.75) is 13.3 Å². The second-order valence-electron chi connectivity index (χ2n) is 19.8. The molecule has 4 nitrogen and oxygen atoms in total. The molecule has 80 heavy (non-hydrogen) atoms. The number of hydrogen-bond donors (Lipinski definition) is 0. The van der Waals surface area contributed by atoms with Crippen LogP contribution in [0, 0.1) is 6.92 Å². The second-order valence-corrected chi connectivity index (χ2v) is 20.6. The SMILES string of the molecule is Cc1ccc(N(c2cccc(Cc3cccc(N(c4ccccc4)c4ccc(-c5ccc(N(c6ccccc6)c6ccccc6)cc5)cc4)c3)c2)c2ccc(-c3ccc(N(c4ccccc4)c4ccccc4)cc3Cl)c(Cl)c2)cc1. The highest BCUT2D eigenvalue weighted by Crippen LogP contribution is 2.44. The largest absolute Gasteiger partial charge is 0.311 e. The van der Waals surface area contributed by atoms with Crippen molar-refractivity contribution in [2.75, 3.05) is 19.6 Å². The Balaban J connectivity index is 0.813. The third-order valence-electron chi connectivity index (χ3n) is 14.4. The van der Waals surface area contributed by atoms with Gasteiger partial charge < -0.3 is 19.6 Å². The van der Waals surface area contributed by atoms with E-state index in [2.05, 4.69) is 287 Å². The van der Waals surface area contributed by atoms with E-state index in [4.69, 9.17) is 23.2 Å². The van der Waals surface area contributed by atoms with Gasteiger partial charge in [-0.05, 0) is 181 Å². The average molecular weight is 1070 g/mol. The van der Waals surface area contributed by atoms with Crippen LogP contribution >= 0.6 is 23.2 Å². The maximum Gasteiger partial charge on any atom is 0.0505 e. The molecule has 12 rings (SSSR count). The quantitative estimate of drug-likeness (QED) is 0.0956. The summed E-state index contributed by atoms with van der Waals surface area (Å²) in [6.45, 7) is 2.11. The summed E-state index contributed by atoms with van der Waals surface area (Å²) < 4.78 is 0. The van der Waals surface area contributed by atoms with E-state index in [0.717, 1.165) is 96.9 Å². The Labute approximate surface area is 479 Å². The number of anilines is 12. The summed E-state index contributed by atoms with van der Waals surface area (Å²) in [5, 5.41) is 1.21. The summed E-state index contributed by atoms with van der Waals surface area (Å²) in [6, 6.07) is 109. The summed E-state index contributed by atoms with van der Waals surface area (Å²) in [6.07, 6.45) is 0.729. The molecule has 0 fully saturated rings. The van der Waals surface area contributed by atoms with Gasteiger partial charge in [-0.2, -0.15) is 0 Å². The molecule has 0 unspecified atom stereocenters. The minimum absolute atomic E-state index is 0.603. The van der Waals surface area contributed by atoms with Gasteiger partial charge in [-0.3, -0.25) is 0 Å². The molecule has 0 aliphatic carbocycles. The maximum absolute atomic E-state index is 7.33. The van der Waals surface area contributed by atoms with Gasteiger partial charge in [-0.25, -0.2) is 0 Å². The molecule has 0 radical (unpaired) electrons. The third kappa shape index (κ3) is 11.2. The van der Waals surface area contributed by atoms with Gasteiger partial charge in [-0.1, -0.05) is 193 Å². The zero-order chi connectivity index (χ0) is 54.2. The summed E-state index contributed by atoms with van der Waals surface area (Å²) in [5.74, 6) is 0. The molecule has 0 N–H and O–H groups in total. The molecule has 0 bridgehead atoms. The average Bonchev–Trinajstić information content (AvgIpc) is 3.54. The molecule has 0 aliphatic heterocycles. The van der Waals surface area contributed by atoms with E-state index >= 15 is 0 Å². The number of nitrogens with zero attached hydrogens (tertiary/aromatic N) is 4. The van der Waals surface area contributed by atoms with Crippen molar-refractivity contribution in [1.29, 1.82) is 0 Å². The van der Waals surface area contributed by atoms with Crippen LogP contribution in [0.5, 0.6) is 0 Å². The molecule has 386 valence electrons. The standard InChI is InChI=1S/C74H56Cl2N4/c1-54-33-39-64(40-34-54)80(70-46-48-72(74(76)53-70)71-47-45-69(52-73(71)75)78(61-25-11-4-12-26-61)62-27-13-5-14-28-62)68-32-18-20-56(51-68)49-55-19-17-31-67(50-55)79(63-29-15-6-16-30-63)66-43-37-58(38-44-66)57-35-41-65(42-36-57)77(59-21-7-2-8-22-59)60-23-9-3-10-24-60/h2-48,50-53H,49H2,1H3. The predicted molar refractivity (Wildman–Crippen MR) is 340 cm³/mol. The summed E-state index contributed by atoms with van der Waals surface area (Å²) in [7, 11) is 0. The zero-order valence-electron chi connectivity index (χ0n) is 44.2.